The third kappa shape index (κ3) is 3.97. The molecule has 2 N–H and O–H groups in total. The molecule has 1 aromatic rings. The number of piperidine rings is 1. The molecule has 2 unspecified atom stereocenters. The van der Waals surface area contributed by atoms with Crippen molar-refractivity contribution in [1.82, 2.24) is 4.90 Å². The Bertz CT molecular complexity index is 476. The summed E-state index contributed by atoms with van der Waals surface area (Å²) in [6, 6.07) is 8.09. The van der Waals surface area contributed by atoms with E-state index in [1.54, 1.807) is 7.11 Å². The molecule has 1 aliphatic rings. The molecule has 2 rings (SSSR count). The van der Waals surface area contributed by atoms with Crippen molar-refractivity contribution in [3.05, 3.63) is 29.8 Å². The van der Waals surface area contributed by atoms with Crippen LogP contribution in [-0.4, -0.2) is 37.0 Å². The van der Waals surface area contributed by atoms with Crippen LogP contribution in [0.15, 0.2) is 24.3 Å². The number of nitrogens with zero attached hydrogens (tertiary/aromatic N) is 1. The SMILES string of the molecule is COc1ccccc1CCC(=O)N1CCC(C)CC1CN. The van der Waals surface area contributed by atoms with E-state index >= 15 is 0 Å². The number of rotatable bonds is 5. The molecule has 4 heteroatoms. The maximum atomic E-state index is 12.5. The Hall–Kier alpha value is -1.55. The quantitative estimate of drug-likeness (QED) is 0.904. The maximum Gasteiger partial charge on any atom is 0.223 e. The van der Waals surface area contributed by atoms with E-state index in [-0.39, 0.29) is 11.9 Å². The van der Waals surface area contributed by atoms with Crippen LogP contribution in [0, 0.1) is 5.92 Å². The third-order valence-corrected chi connectivity index (χ3v) is 4.37. The number of carbonyl (C=O) groups excluding carboxylic acids is 1. The van der Waals surface area contributed by atoms with Crippen LogP contribution in [0.3, 0.4) is 0 Å². The second kappa shape index (κ2) is 7.46. The Labute approximate surface area is 127 Å². The molecule has 116 valence electrons. The Morgan fingerprint density at radius 1 is 1.43 bits per heavy atom. The van der Waals surface area contributed by atoms with Gasteiger partial charge in [-0.2, -0.15) is 0 Å². The van der Waals surface area contributed by atoms with Gasteiger partial charge in [0.2, 0.25) is 5.91 Å². The van der Waals surface area contributed by atoms with Gasteiger partial charge in [-0.3, -0.25) is 4.79 Å². The minimum absolute atomic E-state index is 0.207. The van der Waals surface area contributed by atoms with Crippen molar-refractivity contribution in [2.24, 2.45) is 11.7 Å². The minimum atomic E-state index is 0.207. The van der Waals surface area contributed by atoms with E-state index in [2.05, 4.69) is 6.92 Å². The molecule has 0 spiro atoms. The number of likely N-dealkylation sites (tertiary alicyclic amines) is 1. The van der Waals surface area contributed by atoms with E-state index < -0.39 is 0 Å². The van der Waals surface area contributed by atoms with Gasteiger partial charge in [-0.15, -0.1) is 0 Å². The van der Waals surface area contributed by atoms with Crippen LogP contribution in [0.2, 0.25) is 0 Å². The number of hydrogen-bond donors (Lipinski definition) is 1. The first-order chi connectivity index (χ1) is 10.2. The first kappa shape index (κ1) is 15.8. The second-order valence-corrected chi connectivity index (χ2v) is 5.92. The minimum Gasteiger partial charge on any atom is -0.496 e. The standard InChI is InChI=1S/C17H26N2O2/c1-13-9-10-19(15(11-13)12-18)17(20)8-7-14-5-3-4-6-16(14)21-2/h3-6,13,15H,7-12,18H2,1-2H3. The Morgan fingerprint density at radius 3 is 2.90 bits per heavy atom. The lowest BCUT2D eigenvalue weighted by molar-refractivity contribution is -0.135. The molecule has 0 saturated carbocycles. The average Bonchev–Trinajstić information content (AvgIpc) is 2.52. The van der Waals surface area contributed by atoms with Gasteiger partial charge >= 0.3 is 0 Å². The molecular weight excluding hydrogens is 264 g/mol. The van der Waals surface area contributed by atoms with Crippen molar-refractivity contribution in [2.45, 2.75) is 38.6 Å². The first-order valence-corrected chi connectivity index (χ1v) is 7.77. The predicted molar refractivity (Wildman–Crippen MR) is 84.3 cm³/mol. The number of aryl methyl sites for hydroxylation is 1. The Kier molecular flexibility index (Phi) is 5.62. The number of benzene rings is 1. The number of nitrogens with two attached hydrogens (primary N) is 1. The average molecular weight is 290 g/mol. The van der Waals surface area contributed by atoms with Crippen LogP contribution < -0.4 is 10.5 Å². The van der Waals surface area contributed by atoms with Crippen LogP contribution in [0.1, 0.15) is 31.7 Å². The molecule has 0 aromatic heterocycles. The summed E-state index contributed by atoms with van der Waals surface area (Å²) in [7, 11) is 1.66. The molecule has 1 heterocycles. The van der Waals surface area contributed by atoms with Gasteiger partial charge in [0, 0.05) is 25.6 Å². The molecule has 0 aliphatic carbocycles. The highest BCUT2D eigenvalue weighted by atomic mass is 16.5. The van der Waals surface area contributed by atoms with Gasteiger partial charge in [-0.25, -0.2) is 0 Å². The maximum absolute atomic E-state index is 12.5. The smallest absolute Gasteiger partial charge is 0.223 e. The lowest BCUT2D eigenvalue weighted by Crippen LogP contribution is -2.49. The third-order valence-electron chi connectivity index (χ3n) is 4.37. The molecule has 1 amide bonds. The van der Waals surface area contributed by atoms with Gasteiger partial charge in [0.25, 0.3) is 0 Å². The molecule has 1 fully saturated rings. The lowest BCUT2D eigenvalue weighted by Gasteiger charge is -2.38. The van der Waals surface area contributed by atoms with Crippen molar-refractivity contribution >= 4 is 5.91 Å². The van der Waals surface area contributed by atoms with Gasteiger partial charge in [-0.1, -0.05) is 25.1 Å². The van der Waals surface area contributed by atoms with Crippen LogP contribution in [0.25, 0.3) is 0 Å². The highest BCUT2D eigenvalue weighted by Gasteiger charge is 2.28. The van der Waals surface area contributed by atoms with Crippen LogP contribution in [0.5, 0.6) is 5.75 Å². The summed E-state index contributed by atoms with van der Waals surface area (Å²) in [6.07, 6.45) is 3.34. The van der Waals surface area contributed by atoms with Crippen molar-refractivity contribution in [1.29, 1.82) is 0 Å². The van der Waals surface area contributed by atoms with Crippen LogP contribution in [0.4, 0.5) is 0 Å². The highest BCUT2D eigenvalue weighted by Crippen LogP contribution is 2.24. The zero-order valence-corrected chi connectivity index (χ0v) is 13.0. The molecule has 1 saturated heterocycles. The molecular formula is C17H26N2O2. The lowest BCUT2D eigenvalue weighted by atomic mass is 9.92. The van der Waals surface area contributed by atoms with Gasteiger partial charge in [0.1, 0.15) is 5.75 Å². The highest BCUT2D eigenvalue weighted by molar-refractivity contribution is 5.77. The van der Waals surface area contributed by atoms with Crippen molar-refractivity contribution in [2.75, 3.05) is 20.2 Å². The summed E-state index contributed by atoms with van der Waals surface area (Å²) < 4.78 is 5.33. The molecule has 0 bridgehead atoms. The van der Waals surface area contributed by atoms with Gasteiger partial charge in [-0.05, 0) is 36.8 Å². The van der Waals surface area contributed by atoms with E-state index in [0.717, 1.165) is 30.7 Å². The molecule has 21 heavy (non-hydrogen) atoms. The fraction of sp³-hybridized carbons (Fsp3) is 0.588. The largest absolute Gasteiger partial charge is 0.496 e. The zero-order chi connectivity index (χ0) is 15.2. The summed E-state index contributed by atoms with van der Waals surface area (Å²) >= 11 is 0. The van der Waals surface area contributed by atoms with Crippen LogP contribution in [-0.2, 0) is 11.2 Å². The van der Waals surface area contributed by atoms with E-state index in [0.29, 0.717) is 25.3 Å². The fourth-order valence-corrected chi connectivity index (χ4v) is 3.10. The number of amides is 1. The number of carbonyl (C=O) groups is 1. The summed E-state index contributed by atoms with van der Waals surface area (Å²) in [6.45, 7) is 3.64. The van der Waals surface area contributed by atoms with Gasteiger partial charge < -0.3 is 15.4 Å². The van der Waals surface area contributed by atoms with E-state index in [4.69, 9.17) is 10.5 Å². The summed E-state index contributed by atoms with van der Waals surface area (Å²) in [5.74, 6) is 1.73. The number of methoxy groups -OCH3 is 1. The summed E-state index contributed by atoms with van der Waals surface area (Å²) in [5.41, 5.74) is 6.92. The van der Waals surface area contributed by atoms with E-state index in [1.165, 1.54) is 0 Å². The fourth-order valence-electron chi connectivity index (χ4n) is 3.10. The van der Waals surface area contributed by atoms with E-state index in [1.807, 2.05) is 29.2 Å². The first-order valence-electron chi connectivity index (χ1n) is 7.77. The Morgan fingerprint density at radius 2 is 2.19 bits per heavy atom. The van der Waals surface area contributed by atoms with Crippen LogP contribution >= 0.6 is 0 Å². The second-order valence-electron chi connectivity index (χ2n) is 5.92. The van der Waals surface area contributed by atoms with Crippen molar-refractivity contribution in [3.63, 3.8) is 0 Å². The zero-order valence-electron chi connectivity index (χ0n) is 13.0. The monoisotopic (exact) mass is 290 g/mol. The predicted octanol–water partition coefficient (Wildman–Crippen LogP) is 2.21. The van der Waals surface area contributed by atoms with Crippen molar-refractivity contribution < 1.29 is 9.53 Å². The number of hydrogen-bond acceptors (Lipinski definition) is 3. The van der Waals surface area contributed by atoms with Crippen molar-refractivity contribution in [3.8, 4) is 5.75 Å². The van der Waals surface area contributed by atoms with E-state index in [9.17, 15) is 4.79 Å². The molecule has 4 nitrogen and oxygen atoms in total. The molecule has 2 atom stereocenters. The van der Waals surface area contributed by atoms with Gasteiger partial charge in [0.15, 0.2) is 0 Å². The summed E-state index contributed by atoms with van der Waals surface area (Å²) in [5, 5.41) is 0. The number of ether oxygens (including phenoxy) is 1. The topological polar surface area (TPSA) is 55.6 Å². The normalized spacial score (nSPS) is 22.1. The summed E-state index contributed by atoms with van der Waals surface area (Å²) in [4.78, 5) is 14.5. The van der Waals surface area contributed by atoms with Gasteiger partial charge in [0.05, 0.1) is 7.11 Å². The Balaban J connectivity index is 1.95. The molecule has 0 radical (unpaired) electrons. The molecule has 1 aromatic carbocycles. The molecule has 1 aliphatic heterocycles. The number of para-hydroxylation sites is 1.